The van der Waals surface area contributed by atoms with Crippen molar-refractivity contribution in [2.24, 2.45) is 0 Å². The van der Waals surface area contributed by atoms with Crippen molar-refractivity contribution in [2.75, 3.05) is 0 Å². The molecule has 1 N–H and O–H groups in total. The van der Waals surface area contributed by atoms with Gasteiger partial charge in [-0.15, -0.1) is 13.2 Å². The molecule has 0 aliphatic heterocycles. The first-order valence-corrected chi connectivity index (χ1v) is 6.47. The van der Waals surface area contributed by atoms with Gasteiger partial charge in [0, 0.05) is 11.0 Å². The minimum Gasteiger partial charge on any atom is -0.406 e. The summed E-state index contributed by atoms with van der Waals surface area (Å²) in [7, 11) is 0. The van der Waals surface area contributed by atoms with E-state index in [0.29, 0.717) is 5.75 Å². The van der Waals surface area contributed by atoms with Crippen LogP contribution >= 0.6 is 11.8 Å². The zero-order chi connectivity index (χ0) is 13.8. The second-order valence-electron chi connectivity index (χ2n) is 3.95. The number of rotatable bonds is 5. The Kier molecular flexibility index (Phi) is 5.34. The maximum atomic E-state index is 11.9. The predicted molar refractivity (Wildman–Crippen MR) is 65.6 cm³/mol. The quantitative estimate of drug-likeness (QED) is 0.893. The molecule has 0 bridgehead atoms. The highest BCUT2D eigenvalue weighted by molar-refractivity contribution is 7.99. The number of thioether (sulfide) groups is 1. The van der Waals surface area contributed by atoms with E-state index in [9.17, 15) is 18.3 Å². The lowest BCUT2D eigenvalue weighted by molar-refractivity contribution is -0.274. The summed E-state index contributed by atoms with van der Waals surface area (Å²) in [5.74, 6) is 0.415. The molecule has 1 rings (SSSR count). The lowest BCUT2D eigenvalue weighted by Crippen LogP contribution is -2.17. The fourth-order valence-electron chi connectivity index (χ4n) is 1.15. The average molecular weight is 280 g/mol. The van der Waals surface area contributed by atoms with Crippen LogP contribution in [0.25, 0.3) is 0 Å². The summed E-state index contributed by atoms with van der Waals surface area (Å²) in [5, 5.41) is 9.38. The minimum atomic E-state index is -4.66. The Morgan fingerprint density at radius 1 is 1.22 bits per heavy atom. The summed E-state index contributed by atoms with van der Waals surface area (Å²) in [6.45, 7) is 3.61. The monoisotopic (exact) mass is 280 g/mol. The van der Waals surface area contributed by atoms with Gasteiger partial charge in [-0.25, -0.2) is 0 Å². The average Bonchev–Trinajstić information content (AvgIpc) is 2.25. The van der Waals surface area contributed by atoms with Crippen LogP contribution in [0.3, 0.4) is 0 Å². The van der Waals surface area contributed by atoms with Crippen LogP contribution in [-0.2, 0) is 5.75 Å². The summed E-state index contributed by atoms with van der Waals surface area (Å²) < 4.78 is 39.6. The van der Waals surface area contributed by atoms with Crippen molar-refractivity contribution in [3.8, 4) is 5.75 Å². The Bertz CT molecular complexity index is 363. The van der Waals surface area contributed by atoms with Gasteiger partial charge in [0.25, 0.3) is 0 Å². The van der Waals surface area contributed by atoms with E-state index in [-0.39, 0.29) is 11.0 Å². The Morgan fingerprint density at radius 2 is 1.78 bits per heavy atom. The maximum absolute atomic E-state index is 11.9. The summed E-state index contributed by atoms with van der Waals surface area (Å²) in [6, 6.07) is 5.75. The third-order valence-corrected chi connectivity index (χ3v) is 3.77. The Hall–Kier alpha value is -0.880. The molecule has 0 spiro atoms. The highest BCUT2D eigenvalue weighted by Crippen LogP contribution is 2.25. The van der Waals surface area contributed by atoms with Crippen molar-refractivity contribution in [2.45, 2.75) is 37.3 Å². The van der Waals surface area contributed by atoms with E-state index in [1.165, 1.54) is 12.1 Å². The molecule has 2 atom stereocenters. The first kappa shape index (κ1) is 15.2. The van der Waals surface area contributed by atoms with Gasteiger partial charge < -0.3 is 9.84 Å². The second kappa shape index (κ2) is 6.33. The maximum Gasteiger partial charge on any atom is 0.573 e. The zero-order valence-corrected chi connectivity index (χ0v) is 10.9. The molecule has 18 heavy (non-hydrogen) atoms. The van der Waals surface area contributed by atoms with E-state index in [0.717, 1.165) is 5.56 Å². The molecule has 6 heteroatoms. The SMILES string of the molecule is CC(O)C(C)SCc1ccc(OC(F)(F)F)cc1. The summed E-state index contributed by atoms with van der Waals surface area (Å²) >= 11 is 1.54. The standard InChI is InChI=1S/C12H15F3O2S/c1-8(16)9(2)18-7-10-3-5-11(6-4-10)17-12(13,14)15/h3-6,8-9,16H,7H2,1-2H3. The number of aliphatic hydroxyl groups excluding tert-OH is 1. The van der Waals surface area contributed by atoms with Crippen LogP contribution in [0.5, 0.6) is 5.75 Å². The van der Waals surface area contributed by atoms with Crippen LogP contribution in [0.15, 0.2) is 24.3 Å². The molecule has 0 radical (unpaired) electrons. The van der Waals surface area contributed by atoms with Gasteiger partial charge in [-0.2, -0.15) is 11.8 Å². The van der Waals surface area contributed by atoms with Gasteiger partial charge in [-0.05, 0) is 24.6 Å². The zero-order valence-electron chi connectivity index (χ0n) is 10.1. The Balaban J connectivity index is 2.50. The van der Waals surface area contributed by atoms with Crippen LogP contribution in [0.2, 0.25) is 0 Å². The molecule has 0 aromatic heterocycles. The van der Waals surface area contributed by atoms with Crippen molar-refractivity contribution in [3.05, 3.63) is 29.8 Å². The van der Waals surface area contributed by atoms with Crippen molar-refractivity contribution in [3.63, 3.8) is 0 Å². The Morgan fingerprint density at radius 3 is 2.22 bits per heavy atom. The third kappa shape index (κ3) is 5.64. The first-order valence-electron chi connectivity index (χ1n) is 5.42. The van der Waals surface area contributed by atoms with Crippen molar-refractivity contribution >= 4 is 11.8 Å². The number of benzene rings is 1. The third-order valence-electron chi connectivity index (χ3n) is 2.35. The molecule has 102 valence electrons. The summed E-state index contributed by atoms with van der Waals surface area (Å²) in [6.07, 6.45) is -5.07. The van der Waals surface area contributed by atoms with E-state index in [1.807, 2.05) is 6.92 Å². The number of hydrogen-bond acceptors (Lipinski definition) is 3. The topological polar surface area (TPSA) is 29.5 Å². The highest BCUT2D eigenvalue weighted by Gasteiger charge is 2.30. The van der Waals surface area contributed by atoms with Gasteiger partial charge >= 0.3 is 6.36 Å². The van der Waals surface area contributed by atoms with Gasteiger partial charge in [0.05, 0.1) is 6.10 Å². The molecule has 0 fully saturated rings. The minimum absolute atomic E-state index is 0.0797. The van der Waals surface area contributed by atoms with Crippen LogP contribution < -0.4 is 4.74 Å². The number of ether oxygens (including phenoxy) is 1. The van der Waals surface area contributed by atoms with E-state index >= 15 is 0 Å². The van der Waals surface area contributed by atoms with E-state index < -0.39 is 12.5 Å². The number of aliphatic hydroxyl groups is 1. The molecule has 0 aliphatic rings. The van der Waals surface area contributed by atoms with Gasteiger partial charge in [-0.1, -0.05) is 19.1 Å². The molecule has 0 saturated heterocycles. The molecule has 1 aromatic carbocycles. The molecule has 0 aliphatic carbocycles. The Labute approximate surface area is 108 Å². The van der Waals surface area contributed by atoms with Crippen LogP contribution in [0.1, 0.15) is 19.4 Å². The molecular weight excluding hydrogens is 265 g/mol. The predicted octanol–water partition coefficient (Wildman–Crippen LogP) is 3.59. The number of halogens is 3. The van der Waals surface area contributed by atoms with Crippen molar-refractivity contribution in [1.29, 1.82) is 0 Å². The molecule has 2 nitrogen and oxygen atoms in total. The van der Waals surface area contributed by atoms with Crippen LogP contribution in [0, 0.1) is 0 Å². The van der Waals surface area contributed by atoms with Gasteiger partial charge in [0.15, 0.2) is 0 Å². The van der Waals surface area contributed by atoms with Gasteiger partial charge in [0.2, 0.25) is 0 Å². The van der Waals surface area contributed by atoms with Gasteiger partial charge in [0.1, 0.15) is 5.75 Å². The summed E-state index contributed by atoms with van der Waals surface area (Å²) in [4.78, 5) is 0. The fraction of sp³-hybridized carbons (Fsp3) is 0.500. The molecule has 1 aromatic rings. The molecular formula is C12H15F3O2S. The smallest absolute Gasteiger partial charge is 0.406 e. The van der Waals surface area contributed by atoms with Crippen LogP contribution in [0.4, 0.5) is 13.2 Å². The van der Waals surface area contributed by atoms with E-state index in [1.54, 1.807) is 30.8 Å². The largest absolute Gasteiger partial charge is 0.573 e. The van der Waals surface area contributed by atoms with Gasteiger partial charge in [-0.3, -0.25) is 0 Å². The van der Waals surface area contributed by atoms with Crippen molar-refractivity contribution < 1.29 is 23.0 Å². The van der Waals surface area contributed by atoms with Crippen molar-refractivity contribution in [1.82, 2.24) is 0 Å². The second-order valence-corrected chi connectivity index (χ2v) is 5.31. The van der Waals surface area contributed by atoms with E-state index in [4.69, 9.17) is 0 Å². The normalized spacial score (nSPS) is 15.2. The molecule has 2 unspecified atom stereocenters. The fourth-order valence-corrected chi connectivity index (χ4v) is 2.08. The first-order chi connectivity index (χ1) is 8.28. The lowest BCUT2D eigenvalue weighted by atomic mass is 10.2. The number of hydrogen-bond donors (Lipinski definition) is 1. The number of alkyl halides is 3. The molecule has 0 amide bonds. The summed E-state index contributed by atoms with van der Waals surface area (Å²) in [5.41, 5.74) is 0.891. The van der Waals surface area contributed by atoms with E-state index in [2.05, 4.69) is 4.74 Å². The lowest BCUT2D eigenvalue weighted by Gasteiger charge is -2.14. The molecule has 0 heterocycles. The van der Waals surface area contributed by atoms with Crippen LogP contribution in [-0.4, -0.2) is 22.8 Å². The molecule has 0 saturated carbocycles. The highest BCUT2D eigenvalue weighted by atomic mass is 32.2.